The third-order valence-electron chi connectivity index (χ3n) is 2.72. The third kappa shape index (κ3) is 2.32. The van der Waals surface area contributed by atoms with Crippen LogP contribution in [0.4, 0.5) is 0 Å². The first-order valence-corrected chi connectivity index (χ1v) is 5.73. The maximum absolute atomic E-state index is 10.6. The highest BCUT2D eigenvalue weighted by Gasteiger charge is 2.20. The summed E-state index contributed by atoms with van der Waals surface area (Å²) in [7, 11) is 0. The molecule has 0 amide bonds. The number of carboxylic acid groups (broad SMARTS) is 1. The predicted octanol–water partition coefficient (Wildman–Crippen LogP) is 2.44. The molecular formula is C11H11Cl2NO2. The molecule has 1 aliphatic rings. The molecule has 0 aliphatic carbocycles. The van der Waals surface area contributed by atoms with E-state index in [1.54, 1.807) is 6.07 Å². The van der Waals surface area contributed by atoms with Crippen molar-refractivity contribution in [2.24, 2.45) is 0 Å². The second-order valence-electron chi connectivity index (χ2n) is 3.85. The highest BCUT2D eigenvalue weighted by Crippen LogP contribution is 2.31. The molecule has 0 radical (unpaired) electrons. The van der Waals surface area contributed by atoms with Gasteiger partial charge < -0.3 is 5.11 Å². The van der Waals surface area contributed by atoms with Crippen molar-refractivity contribution in [3.63, 3.8) is 0 Å². The van der Waals surface area contributed by atoms with E-state index >= 15 is 0 Å². The van der Waals surface area contributed by atoms with E-state index in [9.17, 15) is 4.79 Å². The fourth-order valence-corrected chi connectivity index (χ4v) is 2.42. The number of hydrogen-bond donors (Lipinski definition) is 1. The van der Waals surface area contributed by atoms with Gasteiger partial charge in [-0.2, -0.15) is 0 Å². The van der Waals surface area contributed by atoms with Gasteiger partial charge in [0.05, 0.1) is 16.6 Å². The van der Waals surface area contributed by atoms with Crippen molar-refractivity contribution in [1.82, 2.24) is 4.90 Å². The molecule has 1 aromatic rings. The van der Waals surface area contributed by atoms with Gasteiger partial charge in [-0.3, -0.25) is 9.69 Å². The second-order valence-corrected chi connectivity index (χ2v) is 4.64. The Labute approximate surface area is 104 Å². The molecule has 0 bridgehead atoms. The van der Waals surface area contributed by atoms with E-state index in [0.29, 0.717) is 23.1 Å². The van der Waals surface area contributed by atoms with Crippen LogP contribution in [0.3, 0.4) is 0 Å². The Kier molecular flexibility index (Phi) is 3.38. The second kappa shape index (κ2) is 4.62. The summed E-state index contributed by atoms with van der Waals surface area (Å²) in [4.78, 5) is 12.5. The Bertz CT molecular complexity index is 434. The number of halogens is 2. The summed E-state index contributed by atoms with van der Waals surface area (Å²) in [5.74, 6) is -0.802. The van der Waals surface area contributed by atoms with Gasteiger partial charge in [0.25, 0.3) is 0 Å². The molecule has 0 aromatic heterocycles. The number of fused-ring (bicyclic) bond motifs is 1. The smallest absolute Gasteiger partial charge is 0.317 e. The molecule has 1 aromatic carbocycles. The molecule has 0 fully saturated rings. The lowest BCUT2D eigenvalue weighted by Gasteiger charge is -2.28. The Morgan fingerprint density at radius 2 is 2.19 bits per heavy atom. The van der Waals surface area contributed by atoms with Crippen molar-refractivity contribution >= 4 is 29.2 Å². The van der Waals surface area contributed by atoms with Crippen molar-refractivity contribution in [3.05, 3.63) is 33.3 Å². The van der Waals surface area contributed by atoms with Gasteiger partial charge in [-0.15, -0.1) is 0 Å². The van der Waals surface area contributed by atoms with Crippen LogP contribution >= 0.6 is 23.2 Å². The lowest BCUT2D eigenvalue weighted by molar-refractivity contribution is -0.138. The van der Waals surface area contributed by atoms with Crippen LogP contribution in [0, 0.1) is 0 Å². The first-order valence-electron chi connectivity index (χ1n) is 4.98. The molecule has 3 nitrogen and oxygen atoms in total. The summed E-state index contributed by atoms with van der Waals surface area (Å²) in [6.45, 7) is 1.40. The minimum Gasteiger partial charge on any atom is -0.480 e. The Hall–Kier alpha value is -0.770. The minimum atomic E-state index is -0.802. The van der Waals surface area contributed by atoms with Gasteiger partial charge >= 0.3 is 5.97 Å². The zero-order valence-corrected chi connectivity index (χ0v) is 10.1. The average molecular weight is 260 g/mol. The van der Waals surface area contributed by atoms with Gasteiger partial charge in [0.1, 0.15) is 0 Å². The van der Waals surface area contributed by atoms with Crippen LogP contribution < -0.4 is 0 Å². The summed E-state index contributed by atoms with van der Waals surface area (Å²) >= 11 is 12.0. The van der Waals surface area contributed by atoms with Gasteiger partial charge in [-0.05, 0) is 23.6 Å². The monoisotopic (exact) mass is 259 g/mol. The SMILES string of the molecule is O=C(O)CN1CCc2c(ccc(Cl)c2Cl)C1. The Morgan fingerprint density at radius 1 is 1.44 bits per heavy atom. The minimum absolute atomic E-state index is 0.0691. The van der Waals surface area contributed by atoms with E-state index in [1.165, 1.54) is 0 Å². The molecule has 1 heterocycles. The van der Waals surface area contributed by atoms with Gasteiger partial charge in [0, 0.05) is 13.1 Å². The van der Waals surface area contributed by atoms with Crippen molar-refractivity contribution in [2.45, 2.75) is 13.0 Å². The molecular weight excluding hydrogens is 249 g/mol. The summed E-state index contributed by atoms with van der Waals surface area (Å²) < 4.78 is 0. The first-order chi connectivity index (χ1) is 7.58. The lowest BCUT2D eigenvalue weighted by atomic mass is 10.00. The lowest BCUT2D eigenvalue weighted by Crippen LogP contribution is -2.34. The molecule has 86 valence electrons. The number of carboxylic acids is 1. The van der Waals surface area contributed by atoms with Gasteiger partial charge in [-0.25, -0.2) is 0 Å². The van der Waals surface area contributed by atoms with Crippen molar-refractivity contribution in [2.75, 3.05) is 13.1 Å². The van der Waals surface area contributed by atoms with Crippen LogP contribution in [-0.2, 0) is 17.8 Å². The maximum Gasteiger partial charge on any atom is 0.317 e. The van der Waals surface area contributed by atoms with Gasteiger partial charge in [0.2, 0.25) is 0 Å². The summed E-state index contributed by atoms with van der Waals surface area (Å²) in [6.07, 6.45) is 0.752. The number of hydrogen-bond acceptors (Lipinski definition) is 2. The first kappa shape index (κ1) is 11.7. The average Bonchev–Trinajstić information content (AvgIpc) is 2.23. The Morgan fingerprint density at radius 3 is 2.88 bits per heavy atom. The molecule has 5 heteroatoms. The van der Waals surface area contributed by atoms with Crippen LogP contribution in [0.5, 0.6) is 0 Å². The van der Waals surface area contributed by atoms with Gasteiger partial charge in [-0.1, -0.05) is 29.3 Å². The van der Waals surface area contributed by atoms with Crippen LogP contribution in [0.25, 0.3) is 0 Å². The van der Waals surface area contributed by atoms with Crippen LogP contribution in [0.15, 0.2) is 12.1 Å². The fourth-order valence-electron chi connectivity index (χ4n) is 1.97. The molecule has 1 aliphatic heterocycles. The largest absolute Gasteiger partial charge is 0.480 e. The van der Waals surface area contributed by atoms with Crippen molar-refractivity contribution in [1.29, 1.82) is 0 Å². The molecule has 16 heavy (non-hydrogen) atoms. The van der Waals surface area contributed by atoms with Crippen molar-refractivity contribution < 1.29 is 9.90 Å². The van der Waals surface area contributed by atoms with E-state index < -0.39 is 5.97 Å². The molecule has 0 atom stereocenters. The number of nitrogens with zero attached hydrogens (tertiary/aromatic N) is 1. The van der Waals surface area contributed by atoms with E-state index in [4.69, 9.17) is 28.3 Å². The predicted molar refractivity (Wildman–Crippen MR) is 63.1 cm³/mol. The normalized spacial score (nSPS) is 15.9. The van der Waals surface area contributed by atoms with Crippen LogP contribution in [-0.4, -0.2) is 29.1 Å². The van der Waals surface area contributed by atoms with E-state index in [1.807, 2.05) is 11.0 Å². The zero-order valence-electron chi connectivity index (χ0n) is 8.54. The highest BCUT2D eigenvalue weighted by atomic mass is 35.5. The molecule has 1 N–H and O–H groups in total. The summed E-state index contributed by atoms with van der Waals surface area (Å²) in [6, 6.07) is 3.67. The zero-order chi connectivity index (χ0) is 11.7. The van der Waals surface area contributed by atoms with Crippen LogP contribution in [0.1, 0.15) is 11.1 Å². The van der Waals surface area contributed by atoms with Crippen molar-refractivity contribution in [3.8, 4) is 0 Å². The topological polar surface area (TPSA) is 40.5 Å². The fraction of sp³-hybridized carbons (Fsp3) is 0.364. The van der Waals surface area contributed by atoms with Crippen LogP contribution in [0.2, 0.25) is 10.0 Å². The summed E-state index contributed by atoms with van der Waals surface area (Å²) in [5.41, 5.74) is 2.12. The molecule has 0 unspecified atom stereocenters. The van der Waals surface area contributed by atoms with E-state index in [-0.39, 0.29) is 6.54 Å². The quantitative estimate of drug-likeness (QED) is 0.887. The standard InChI is InChI=1S/C11H11Cl2NO2/c12-9-2-1-7-5-14(6-10(15)16)4-3-8(7)11(9)13/h1-2H,3-6H2,(H,15,16). The number of rotatable bonds is 2. The number of aliphatic carboxylic acids is 1. The summed E-state index contributed by atoms with van der Waals surface area (Å²) in [5, 5.41) is 9.89. The van der Waals surface area contributed by atoms with E-state index in [0.717, 1.165) is 17.5 Å². The molecule has 0 saturated heterocycles. The Balaban J connectivity index is 2.22. The molecule has 0 spiro atoms. The molecule has 0 saturated carbocycles. The molecule has 2 rings (SSSR count). The highest BCUT2D eigenvalue weighted by molar-refractivity contribution is 6.42. The number of carbonyl (C=O) groups is 1. The third-order valence-corrected chi connectivity index (χ3v) is 3.57. The van der Waals surface area contributed by atoms with Gasteiger partial charge in [0.15, 0.2) is 0 Å². The van der Waals surface area contributed by atoms with E-state index in [2.05, 4.69) is 0 Å². The maximum atomic E-state index is 10.6. The number of benzene rings is 1.